The Balaban J connectivity index is 1.31. The summed E-state index contributed by atoms with van der Waals surface area (Å²) in [6, 6.07) is 9.04. The van der Waals surface area contributed by atoms with Crippen molar-refractivity contribution in [3.8, 4) is 0 Å². The highest BCUT2D eigenvalue weighted by Crippen LogP contribution is 2.52. The van der Waals surface area contributed by atoms with Gasteiger partial charge in [-0.3, -0.25) is 9.69 Å². The van der Waals surface area contributed by atoms with Gasteiger partial charge in [0, 0.05) is 54.3 Å². The summed E-state index contributed by atoms with van der Waals surface area (Å²) in [5.41, 5.74) is 4.61. The summed E-state index contributed by atoms with van der Waals surface area (Å²) < 4.78 is 0. The highest BCUT2D eigenvalue weighted by molar-refractivity contribution is 5.86. The topological polar surface area (TPSA) is 39.3 Å². The number of aromatic nitrogens is 1. The van der Waals surface area contributed by atoms with E-state index in [2.05, 4.69) is 59.8 Å². The third-order valence-corrected chi connectivity index (χ3v) is 7.10. The molecule has 3 heterocycles. The fourth-order valence-electron chi connectivity index (χ4n) is 6.41. The van der Waals surface area contributed by atoms with Crippen LogP contribution >= 0.6 is 0 Å². The first-order valence-electron chi connectivity index (χ1n) is 10.4. The SMILES string of the molecule is CC1(C)C[C@@H]2C[C@@](C)(CN2CC(=O)N2CCc3[nH]c4ccccc4c3C2)C1. The lowest BCUT2D eigenvalue weighted by Gasteiger charge is -2.40. The van der Waals surface area contributed by atoms with E-state index >= 15 is 0 Å². The van der Waals surface area contributed by atoms with Crippen molar-refractivity contribution in [1.29, 1.82) is 0 Å². The highest BCUT2D eigenvalue weighted by Gasteiger charge is 2.49. The first-order valence-corrected chi connectivity index (χ1v) is 10.4. The average Bonchev–Trinajstić information content (AvgIpc) is 3.07. The van der Waals surface area contributed by atoms with Gasteiger partial charge in [0.25, 0.3) is 0 Å². The first kappa shape index (κ1) is 17.3. The van der Waals surface area contributed by atoms with Gasteiger partial charge < -0.3 is 9.88 Å². The van der Waals surface area contributed by atoms with Gasteiger partial charge in [0.2, 0.25) is 5.91 Å². The maximum Gasteiger partial charge on any atom is 0.237 e. The smallest absolute Gasteiger partial charge is 0.237 e. The Hall–Kier alpha value is -1.81. The van der Waals surface area contributed by atoms with Gasteiger partial charge in [0.1, 0.15) is 0 Å². The average molecular weight is 366 g/mol. The molecule has 1 N–H and O–H groups in total. The van der Waals surface area contributed by atoms with E-state index in [1.165, 1.54) is 41.4 Å². The van der Waals surface area contributed by atoms with Crippen LogP contribution in [0.3, 0.4) is 0 Å². The van der Waals surface area contributed by atoms with Crippen molar-refractivity contribution < 1.29 is 4.79 Å². The van der Waals surface area contributed by atoms with Gasteiger partial charge in [0.15, 0.2) is 0 Å². The van der Waals surface area contributed by atoms with Crippen LogP contribution in [-0.2, 0) is 17.8 Å². The molecule has 1 amide bonds. The molecule has 0 radical (unpaired) electrons. The third kappa shape index (κ3) is 2.98. The summed E-state index contributed by atoms with van der Waals surface area (Å²) in [4.78, 5) is 21.3. The van der Waals surface area contributed by atoms with E-state index in [0.717, 1.165) is 26.1 Å². The number of nitrogens with zero attached hydrogens (tertiary/aromatic N) is 2. The predicted molar refractivity (Wildman–Crippen MR) is 109 cm³/mol. The maximum absolute atomic E-state index is 13.2. The molecule has 2 aromatic rings. The van der Waals surface area contributed by atoms with Crippen molar-refractivity contribution in [3.63, 3.8) is 0 Å². The number of benzene rings is 1. The summed E-state index contributed by atoms with van der Waals surface area (Å²) >= 11 is 0. The minimum Gasteiger partial charge on any atom is -0.358 e. The van der Waals surface area contributed by atoms with E-state index in [1.54, 1.807) is 0 Å². The van der Waals surface area contributed by atoms with Crippen LogP contribution in [0.25, 0.3) is 10.9 Å². The van der Waals surface area contributed by atoms with Crippen LogP contribution in [0.15, 0.2) is 24.3 Å². The molecule has 2 atom stereocenters. The number of hydrogen-bond acceptors (Lipinski definition) is 2. The Labute approximate surface area is 161 Å². The molecule has 4 nitrogen and oxygen atoms in total. The Morgan fingerprint density at radius 3 is 2.89 bits per heavy atom. The number of H-pyrrole nitrogens is 1. The van der Waals surface area contributed by atoms with Crippen LogP contribution in [0.2, 0.25) is 0 Å². The molecule has 4 heteroatoms. The van der Waals surface area contributed by atoms with Gasteiger partial charge in [-0.25, -0.2) is 0 Å². The Kier molecular flexibility index (Phi) is 3.74. The normalized spacial score (nSPS) is 29.9. The fraction of sp³-hybridized carbons (Fsp3) is 0.609. The van der Waals surface area contributed by atoms with Crippen LogP contribution in [-0.4, -0.2) is 46.4 Å². The predicted octanol–water partition coefficient (Wildman–Crippen LogP) is 3.95. The molecule has 1 saturated carbocycles. The van der Waals surface area contributed by atoms with E-state index in [0.29, 0.717) is 29.3 Å². The number of fused-ring (bicyclic) bond motifs is 5. The van der Waals surface area contributed by atoms with E-state index in [9.17, 15) is 4.79 Å². The molecule has 3 aliphatic rings. The van der Waals surface area contributed by atoms with Gasteiger partial charge in [-0.1, -0.05) is 39.0 Å². The maximum atomic E-state index is 13.2. The van der Waals surface area contributed by atoms with Crippen LogP contribution in [0.4, 0.5) is 0 Å². The van der Waals surface area contributed by atoms with Crippen LogP contribution in [0.5, 0.6) is 0 Å². The summed E-state index contributed by atoms with van der Waals surface area (Å²) in [5.74, 6) is 0.305. The van der Waals surface area contributed by atoms with E-state index in [4.69, 9.17) is 0 Å². The molecule has 1 saturated heterocycles. The number of carbonyl (C=O) groups excluding carboxylic acids is 1. The summed E-state index contributed by atoms with van der Waals surface area (Å²) in [5, 5.41) is 1.27. The first-order chi connectivity index (χ1) is 12.8. The second-order valence-corrected chi connectivity index (χ2v) is 10.3. The number of nitrogens with one attached hydrogen (secondary N) is 1. The highest BCUT2D eigenvalue weighted by atomic mass is 16.2. The van der Waals surface area contributed by atoms with E-state index in [-0.39, 0.29) is 0 Å². The quantitative estimate of drug-likeness (QED) is 0.875. The zero-order valence-corrected chi connectivity index (χ0v) is 16.8. The van der Waals surface area contributed by atoms with Gasteiger partial charge in [-0.2, -0.15) is 0 Å². The number of amides is 1. The number of rotatable bonds is 2. The Bertz CT molecular complexity index is 898. The molecule has 5 rings (SSSR count). The summed E-state index contributed by atoms with van der Waals surface area (Å²) in [7, 11) is 0. The van der Waals surface area contributed by atoms with E-state index in [1.807, 2.05) is 0 Å². The molecule has 1 aromatic carbocycles. The zero-order chi connectivity index (χ0) is 18.8. The van der Waals surface area contributed by atoms with Crippen molar-refractivity contribution in [2.24, 2.45) is 10.8 Å². The van der Waals surface area contributed by atoms with Gasteiger partial charge in [-0.15, -0.1) is 0 Å². The summed E-state index contributed by atoms with van der Waals surface area (Å²) in [6.45, 7) is 10.5. The number of para-hydroxylation sites is 1. The summed E-state index contributed by atoms with van der Waals surface area (Å²) in [6.07, 6.45) is 4.70. The number of carbonyl (C=O) groups is 1. The lowest BCUT2D eigenvalue weighted by atomic mass is 9.65. The lowest BCUT2D eigenvalue weighted by molar-refractivity contribution is -0.133. The third-order valence-electron chi connectivity index (χ3n) is 7.10. The molecule has 2 bridgehead atoms. The molecule has 0 spiro atoms. The van der Waals surface area contributed by atoms with Crippen LogP contribution in [0.1, 0.15) is 51.3 Å². The molecule has 27 heavy (non-hydrogen) atoms. The van der Waals surface area contributed by atoms with Crippen molar-refractivity contribution in [2.75, 3.05) is 19.6 Å². The van der Waals surface area contributed by atoms with Crippen molar-refractivity contribution in [2.45, 2.75) is 59.0 Å². The largest absolute Gasteiger partial charge is 0.358 e. The molecular formula is C23H31N3O. The van der Waals surface area contributed by atoms with E-state index < -0.39 is 0 Å². The second-order valence-electron chi connectivity index (χ2n) is 10.3. The molecule has 2 fully saturated rings. The zero-order valence-electron chi connectivity index (χ0n) is 16.8. The van der Waals surface area contributed by atoms with Gasteiger partial charge in [-0.05, 0) is 36.2 Å². The van der Waals surface area contributed by atoms with Crippen molar-refractivity contribution in [3.05, 3.63) is 35.5 Å². The molecule has 1 aromatic heterocycles. The van der Waals surface area contributed by atoms with Crippen molar-refractivity contribution >= 4 is 16.8 Å². The standard InChI is InChI=1S/C23H31N3O/c1-22(2)10-16-11-23(3,14-22)15-26(16)13-21(27)25-9-8-20-18(12-25)17-6-4-5-7-19(17)24-20/h4-7,16,24H,8-15H2,1-3H3/t16-,23-/m1/s1. The minimum atomic E-state index is 0.305. The molecular weight excluding hydrogens is 334 g/mol. The van der Waals surface area contributed by atoms with Crippen LogP contribution < -0.4 is 0 Å². The van der Waals surface area contributed by atoms with Crippen molar-refractivity contribution in [1.82, 2.24) is 14.8 Å². The number of likely N-dealkylation sites (tertiary alicyclic amines) is 1. The Morgan fingerprint density at radius 1 is 1.22 bits per heavy atom. The monoisotopic (exact) mass is 365 g/mol. The van der Waals surface area contributed by atoms with Gasteiger partial charge in [0.05, 0.1) is 6.54 Å². The van der Waals surface area contributed by atoms with Gasteiger partial charge >= 0.3 is 0 Å². The minimum absolute atomic E-state index is 0.305. The number of hydrogen-bond donors (Lipinski definition) is 1. The lowest BCUT2D eigenvalue weighted by Crippen LogP contribution is -2.44. The number of aromatic amines is 1. The Morgan fingerprint density at radius 2 is 2.04 bits per heavy atom. The van der Waals surface area contributed by atoms with Crippen LogP contribution in [0, 0.1) is 10.8 Å². The molecule has 1 aliphatic carbocycles. The fourth-order valence-corrected chi connectivity index (χ4v) is 6.41. The molecule has 2 aliphatic heterocycles. The molecule has 0 unspecified atom stereocenters. The molecule has 144 valence electrons. The second kappa shape index (κ2) is 5.84.